The summed E-state index contributed by atoms with van der Waals surface area (Å²) in [5.41, 5.74) is 1.80. The van der Waals surface area contributed by atoms with Gasteiger partial charge in [0.1, 0.15) is 11.5 Å². The predicted octanol–water partition coefficient (Wildman–Crippen LogP) is 1.97. The molecule has 2 aromatic rings. The number of hydrogen-bond acceptors (Lipinski definition) is 5. The summed E-state index contributed by atoms with van der Waals surface area (Å²) in [5, 5.41) is 8.94. The van der Waals surface area contributed by atoms with Crippen LogP contribution in [0.5, 0.6) is 17.5 Å². The molecule has 0 radical (unpaired) electrons. The van der Waals surface area contributed by atoms with Crippen molar-refractivity contribution in [2.45, 2.75) is 19.4 Å². The van der Waals surface area contributed by atoms with Crippen LogP contribution in [0.1, 0.15) is 11.1 Å². The standard InChI is InChI=1S/C14H12N2O4/c1-8-6-15-14(16-7-8)19-10-3-2-9-4-12(13(17)18)20-11(9)5-10/h2-3,5-7,12H,4H2,1H3,(H,17,18). The number of aliphatic carboxylic acids is 1. The monoisotopic (exact) mass is 272 g/mol. The van der Waals surface area contributed by atoms with Crippen LogP contribution in [-0.2, 0) is 11.2 Å². The highest BCUT2D eigenvalue weighted by atomic mass is 16.5. The number of carbonyl (C=O) groups is 1. The quantitative estimate of drug-likeness (QED) is 0.919. The lowest BCUT2D eigenvalue weighted by Gasteiger charge is -2.06. The van der Waals surface area contributed by atoms with E-state index in [1.54, 1.807) is 30.6 Å². The number of fused-ring (bicyclic) bond motifs is 1. The van der Waals surface area contributed by atoms with Crippen LogP contribution in [0.25, 0.3) is 0 Å². The first-order valence-corrected chi connectivity index (χ1v) is 6.11. The topological polar surface area (TPSA) is 81.5 Å². The molecule has 0 saturated heterocycles. The minimum Gasteiger partial charge on any atom is -0.478 e. The largest absolute Gasteiger partial charge is 0.478 e. The molecule has 1 N–H and O–H groups in total. The lowest BCUT2D eigenvalue weighted by molar-refractivity contribution is -0.144. The molecule has 1 unspecified atom stereocenters. The number of nitrogens with zero attached hydrogens (tertiary/aromatic N) is 2. The number of benzene rings is 1. The Morgan fingerprint density at radius 2 is 2.15 bits per heavy atom. The zero-order chi connectivity index (χ0) is 14.1. The normalized spacial score (nSPS) is 16.4. The molecule has 102 valence electrons. The van der Waals surface area contributed by atoms with E-state index in [0.717, 1.165) is 11.1 Å². The Bertz CT molecular complexity index is 655. The highest BCUT2D eigenvalue weighted by molar-refractivity contribution is 5.74. The van der Waals surface area contributed by atoms with Crippen molar-refractivity contribution in [3.63, 3.8) is 0 Å². The third-order valence-electron chi connectivity index (χ3n) is 2.95. The average Bonchev–Trinajstić information content (AvgIpc) is 2.85. The maximum absolute atomic E-state index is 10.9. The third-order valence-corrected chi connectivity index (χ3v) is 2.95. The summed E-state index contributed by atoms with van der Waals surface area (Å²) >= 11 is 0. The number of ether oxygens (including phenoxy) is 2. The van der Waals surface area contributed by atoms with Crippen LogP contribution in [0, 0.1) is 6.92 Å². The van der Waals surface area contributed by atoms with Crippen molar-refractivity contribution in [1.29, 1.82) is 0 Å². The number of carboxylic acid groups (broad SMARTS) is 1. The molecule has 1 aromatic heterocycles. The van der Waals surface area contributed by atoms with Crippen LogP contribution < -0.4 is 9.47 Å². The van der Waals surface area contributed by atoms with E-state index in [1.807, 2.05) is 6.92 Å². The summed E-state index contributed by atoms with van der Waals surface area (Å²) < 4.78 is 10.9. The van der Waals surface area contributed by atoms with E-state index in [2.05, 4.69) is 9.97 Å². The highest BCUT2D eigenvalue weighted by Crippen LogP contribution is 2.33. The van der Waals surface area contributed by atoms with Gasteiger partial charge in [0.25, 0.3) is 0 Å². The summed E-state index contributed by atoms with van der Waals surface area (Å²) in [6.07, 6.45) is 2.86. The van der Waals surface area contributed by atoms with Crippen molar-refractivity contribution in [1.82, 2.24) is 9.97 Å². The van der Waals surface area contributed by atoms with Crippen LogP contribution in [-0.4, -0.2) is 27.1 Å². The van der Waals surface area contributed by atoms with Gasteiger partial charge < -0.3 is 14.6 Å². The first-order chi connectivity index (χ1) is 9.61. The van der Waals surface area contributed by atoms with E-state index < -0.39 is 12.1 Å². The summed E-state index contributed by atoms with van der Waals surface area (Å²) in [6, 6.07) is 5.43. The lowest BCUT2D eigenvalue weighted by Crippen LogP contribution is -2.24. The molecule has 20 heavy (non-hydrogen) atoms. The summed E-state index contributed by atoms with van der Waals surface area (Å²) in [4.78, 5) is 19.0. The minimum atomic E-state index is -0.967. The Morgan fingerprint density at radius 1 is 1.40 bits per heavy atom. The molecule has 3 rings (SSSR count). The molecule has 1 aromatic carbocycles. The molecule has 0 spiro atoms. The Kier molecular flexibility index (Phi) is 2.98. The molecule has 0 saturated carbocycles. The molecular weight excluding hydrogens is 260 g/mol. The van der Waals surface area contributed by atoms with Gasteiger partial charge in [-0.3, -0.25) is 0 Å². The molecule has 0 amide bonds. The molecule has 0 aliphatic carbocycles. The van der Waals surface area contributed by atoms with Crippen molar-refractivity contribution in [3.8, 4) is 17.5 Å². The van der Waals surface area contributed by atoms with Crippen molar-refractivity contribution in [2.75, 3.05) is 0 Å². The van der Waals surface area contributed by atoms with E-state index in [0.29, 0.717) is 17.9 Å². The molecule has 6 nitrogen and oxygen atoms in total. The highest BCUT2D eigenvalue weighted by Gasteiger charge is 2.29. The van der Waals surface area contributed by atoms with Gasteiger partial charge in [-0.15, -0.1) is 0 Å². The van der Waals surface area contributed by atoms with Gasteiger partial charge in [-0.25, -0.2) is 14.8 Å². The van der Waals surface area contributed by atoms with Gasteiger partial charge in [0.15, 0.2) is 6.10 Å². The number of aromatic nitrogens is 2. The fourth-order valence-corrected chi connectivity index (χ4v) is 1.95. The third kappa shape index (κ3) is 2.40. The molecule has 6 heteroatoms. The summed E-state index contributed by atoms with van der Waals surface area (Å²) in [5.74, 6) is 0.0752. The second-order valence-electron chi connectivity index (χ2n) is 4.56. The van der Waals surface area contributed by atoms with Gasteiger partial charge in [0, 0.05) is 24.9 Å². The van der Waals surface area contributed by atoms with Gasteiger partial charge in [-0.05, 0) is 24.1 Å². The van der Waals surface area contributed by atoms with Gasteiger partial charge in [0.05, 0.1) is 0 Å². The van der Waals surface area contributed by atoms with Crippen LogP contribution >= 0.6 is 0 Å². The number of rotatable bonds is 3. The Morgan fingerprint density at radius 3 is 2.85 bits per heavy atom. The zero-order valence-corrected chi connectivity index (χ0v) is 10.7. The van der Waals surface area contributed by atoms with Crippen molar-refractivity contribution in [2.24, 2.45) is 0 Å². The van der Waals surface area contributed by atoms with E-state index in [-0.39, 0.29) is 6.01 Å². The van der Waals surface area contributed by atoms with Gasteiger partial charge >= 0.3 is 12.0 Å². The second kappa shape index (κ2) is 4.80. The van der Waals surface area contributed by atoms with Gasteiger partial charge in [0.2, 0.25) is 0 Å². The summed E-state index contributed by atoms with van der Waals surface area (Å²) in [6.45, 7) is 1.89. The Balaban J connectivity index is 1.79. The van der Waals surface area contributed by atoms with Crippen LogP contribution in [0.3, 0.4) is 0 Å². The first-order valence-electron chi connectivity index (χ1n) is 6.11. The fourth-order valence-electron chi connectivity index (χ4n) is 1.95. The van der Waals surface area contributed by atoms with Crippen LogP contribution in [0.4, 0.5) is 0 Å². The predicted molar refractivity (Wildman–Crippen MR) is 69.0 cm³/mol. The maximum Gasteiger partial charge on any atom is 0.345 e. The van der Waals surface area contributed by atoms with Crippen LogP contribution in [0.15, 0.2) is 30.6 Å². The second-order valence-corrected chi connectivity index (χ2v) is 4.56. The van der Waals surface area contributed by atoms with Crippen molar-refractivity contribution >= 4 is 5.97 Å². The van der Waals surface area contributed by atoms with Crippen LogP contribution in [0.2, 0.25) is 0 Å². The van der Waals surface area contributed by atoms with E-state index in [1.165, 1.54) is 0 Å². The maximum atomic E-state index is 10.9. The molecule has 1 aliphatic rings. The average molecular weight is 272 g/mol. The van der Waals surface area contributed by atoms with Crippen molar-refractivity contribution in [3.05, 3.63) is 41.7 Å². The summed E-state index contributed by atoms with van der Waals surface area (Å²) in [7, 11) is 0. The zero-order valence-electron chi connectivity index (χ0n) is 10.7. The smallest absolute Gasteiger partial charge is 0.345 e. The Hall–Kier alpha value is -2.63. The first kappa shape index (κ1) is 12.4. The van der Waals surface area contributed by atoms with E-state index >= 15 is 0 Å². The lowest BCUT2D eigenvalue weighted by atomic mass is 10.1. The number of carboxylic acids is 1. The molecule has 2 heterocycles. The molecule has 1 aliphatic heterocycles. The van der Waals surface area contributed by atoms with Gasteiger partial charge in [-0.2, -0.15) is 0 Å². The molecular formula is C14H12N2O4. The Labute approximate surface area is 115 Å². The SMILES string of the molecule is Cc1cnc(Oc2ccc3c(c2)OC(C(=O)O)C3)nc1. The van der Waals surface area contributed by atoms with Gasteiger partial charge in [-0.1, -0.05) is 6.07 Å². The molecule has 0 bridgehead atoms. The van der Waals surface area contributed by atoms with Crippen molar-refractivity contribution < 1.29 is 19.4 Å². The van der Waals surface area contributed by atoms with E-state index in [9.17, 15) is 4.79 Å². The van der Waals surface area contributed by atoms with E-state index in [4.69, 9.17) is 14.6 Å². The minimum absolute atomic E-state index is 0.239. The molecule has 1 atom stereocenters. The number of hydrogen-bond donors (Lipinski definition) is 1. The fraction of sp³-hybridized carbons (Fsp3) is 0.214. The molecule has 0 fully saturated rings. The number of aryl methyl sites for hydroxylation is 1.